The summed E-state index contributed by atoms with van der Waals surface area (Å²) in [5, 5.41) is 11.1. The van der Waals surface area contributed by atoms with E-state index in [0.29, 0.717) is 12.1 Å². The molecule has 0 spiro atoms. The molecule has 0 saturated carbocycles. The van der Waals surface area contributed by atoms with E-state index in [1.165, 1.54) is 0 Å². The van der Waals surface area contributed by atoms with Crippen LogP contribution >= 0.6 is 0 Å². The SMILES string of the molecule is NC(=O)c1ccc(COc2cc(C(F)(F)F)cc(C(F)(F)F)c2)c([N+](=O)[O-])c1. The van der Waals surface area contributed by atoms with Gasteiger partial charge in [-0.2, -0.15) is 26.3 Å². The average molecular weight is 408 g/mol. The first-order valence-electron chi connectivity index (χ1n) is 7.28. The fourth-order valence-electron chi connectivity index (χ4n) is 2.18. The Morgan fingerprint density at radius 2 is 1.54 bits per heavy atom. The van der Waals surface area contributed by atoms with Crippen molar-refractivity contribution in [3.8, 4) is 5.75 Å². The van der Waals surface area contributed by atoms with Gasteiger partial charge in [0.05, 0.1) is 21.6 Å². The van der Waals surface area contributed by atoms with Crippen molar-refractivity contribution in [2.75, 3.05) is 0 Å². The minimum absolute atomic E-state index is 0.0725. The van der Waals surface area contributed by atoms with Gasteiger partial charge in [0.15, 0.2) is 0 Å². The molecule has 2 rings (SSSR count). The summed E-state index contributed by atoms with van der Waals surface area (Å²) in [5.74, 6) is -1.74. The van der Waals surface area contributed by atoms with Crippen molar-refractivity contribution >= 4 is 11.6 Å². The van der Waals surface area contributed by atoms with Gasteiger partial charge in [0.1, 0.15) is 12.4 Å². The van der Waals surface area contributed by atoms with Gasteiger partial charge in [-0.15, -0.1) is 0 Å². The van der Waals surface area contributed by atoms with Crippen LogP contribution in [0.5, 0.6) is 5.75 Å². The summed E-state index contributed by atoms with van der Waals surface area (Å²) in [6.07, 6.45) is -10.1. The third-order valence-corrected chi connectivity index (χ3v) is 3.52. The van der Waals surface area contributed by atoms with E-state index in [4.69, 9.17) is 10.5 Å². The molecule has 6 nitrogen and oxygen atoms in total. The number of alkyl halides is 6. The molecule has 0 aromatic heterocycles. The lowest BCUT2D eigenvalue weighted by Gasteiger charge is -2.15. The van der Waals surface area contributed by atoms with Crippen molar-refractivity contribution in [1.82, 2.24) is 0 Å². The maximum absolute atomic E-state index is 12.8. The largest absolute Gasteiger partial charge is 0.489 e. The molecular weight excluding hydrogens is 398 g/mol. The second-order valence-electron chi connectivity index (χ2n) is 5.50. The van der Waals surface area contributed by atoms with Crippen molar-refractivity contribution < 1.29 is 40.8 Å². The molecule has 0 aliphatic heterocycles. The van der Waals surface area contributed by atoms with Crippen LogP contribution in [0.25, 0.3) is 0 Å². The van der Waals surface area contributed by atoms with Crippen LogP contribution in [0.4, 0.5) is 32.0 Å². The Kier molecular flexibility index (Phi) is 5.52. The molecule has 12 heteroatoms. The number of nitro benzene ring substituents is 1. The molecule has 0 saturated heterocycles. The highest BCUT2D eigenvalue weighted by molar-refractivity contribution is 5.93. The van der Waals surface area contributed by atoms with E-state index in [0.717, 1.165) is 18.2 Å². The molecule has 0 radical (unpaired) electrons. The third kappa shape index (κ3) is 4.90. The molecule has 0 unspecified atom stereocenters. The van der Waals surface area contributed by atoms with Crippen LogP contribution in [0.2, 0.25) is 0 Å². The first-order valence-corrected chi connectivity index (χ1v) is 7.28. The van der Waals surface area contributed by atoms with Gasteiger partial charge in [0, 0.05) is 11.6 Å². The second-order valence-corrected chi connectivity index (χ2v) is 5.50. The standard InChI is InChI=1S/C16H10F6N2O4/c17-15(18,19)10-4-11(16(20,21)22)6-12(5-10)28-7-9-2-1-8(14(23)25)3-13(9)24(26)27/h1-6H,7H2,(H2,23,25). The minimum atomic E-state index is -5.06. The summed E-state index contributed by atoms with van der Waals surface area (Å²) in [4.78, 5) is 21.3. The van der Waals surface area contributed by atoms with Crippen LogP contribution in [-0.2, 0) is 19.0 Å². The number of carbonyl (C=O) groups excluding carboxylic acids is 1. The predicted octanol–water partition coefficient (Wildman–Crippen LogP) is 4.31. The summed E-state index contributed by atoms with van der Waals surface area (Å²) in [5.41, 5.74) is 0.827. The lowest BCUT2D eigenvalue weighted by Crippen LogP contribution is -2.13. The number of ether oxygens (including phenoxy) is 1. The van der Waals surface area contributed by atoms with E-state index >= 15 is 0 Å². The minimum Gasteiger partial charge on any atom is -0.489 e. The number of primary amides is 1. The summed E-state index contributed by atoms with van der Waals surface area (Å²) in [7, 11) is 0. The second kappa shape index (κ2) is 7.37. The highest BCUT2D eigenvalue weighted by Crippen LogP contribution is 2.38. The summed E-state index contributed by atoms with van der Waals surface area (Å²) in [6.45, 7) is -0.714. The molecule has 0 heterocycles. The highest BCUT2D eigenvalue weighted by atomic mass is 19.4. The van der Waals surface area contributed by atoms with Gasteiger partial charge in [0.2, 0.25) is 5.91 Å². The van der Waals surface area contributed by atoms with Gasteiger partial charge in [0.25, 0.3) is 5.69 Å². The number of carbonyl (C=O) groups is 1. The van der Waals surface area contributed by atoms with Crippen molar-refractivity contribution in [3.05, 3.63) is 68.8 Å². The number of hydrogen-bond donors (Lipinski definition) is 1. The monoisotopic (exact) mass is 408 g/mol. The van der Waals surface area contributed by atoms with Crippen LogP contribution in [0.15, 0.2) is 36.4 Å². The van der Waals surface area contributed by atoms with E-state index < -0.39 is 52.4 Å². The molecule has 0 atom stereocenters. The molecule has 2 N–H and O–H groups in total. The Bertz CT molecular complexity index is 892. The Morgan fingerprint density at radius 1 is 1.00 bits per heavy atom. The van der Waals surface area contributed by atoms with E-state index in [1.54, 1.807) is 0 Å². The maximum atomic E-state index is 12.8. The number of nitrogens with zero attached hydrogens (tertiary/aromatic N) is 1. The van der Waals surface area contributed by atoms with Gasteiger partial charge in [-0.25, -0.2) is 0 Å². The normalized spacial score (nSPS) is 11.9. The molecular formula is C16H10F6N2O4. The lowest BCUT2D eigenvalue weighted by atomic mass is 10.1. The molecule has 0 fully saturated rings. The van der Waals surface area contributed by atoms with E-state index in [2.05, 4.69) is 0 Å². The number of amides is 1. The third-order valence-electron chi connectivity index (χ3n) is 3.52. The Morgan fingerprint density at radius 3 is 1.96 bits per heavy atom. The van der Waals surface area contributed by atoms with Crippen molar-refractivity contribution in [1.29, 1.82) is 0 Å². The van der Waals surface area contributed by atoms with Crippen LogP contribution in [0, 0.1) is 10.1 Å². The molecule has 1 amide bonds. The Labute approximate surface area is 152 Å². The smallest absolute Gasteiger partial charge is 0.416 e. The van der Waals surface area contributed by atoms with Gasteiger partial charge >= 0.3 is 12.4 Å². The number of nitro groups is 1. The molecule has 2 aromatic carbocycles. The van der Waals surface area contributed by atoms with Crippen LogP contribution < -0.4 is 10.5 Å². The van der Waals surface area contributed by atoms with Crippen LogP contribution in [0.3, 0.4) is 0 Å². The Hall–Kier alpha value is -3.31. The summed E-state index contributed by atoms with van der Waals surface area (Å²) in [6, 6.07) is 3.63. The average Bonchev–Trinajstić information content (AvgIpc) is 2.57. The summed E-state index contributed by atoms with van der Waals surface area (Å²) < 4.78 is 81.9. The van der Waals surface area contributed by atoms with Gasteiger partial charge < -0.3 is 10.5 Å². The number of benzene rings is 2. The fraction of sp³-hybridized carbons (Fsp3) is 0.188. The van der Waals surface area contributed by atoms with Gasteiger partial charge in [-0.05, 0) is 30.3 Å². The number of halogens is 6. The Balaban J connectivity index is 2.39. The first kappa shape index (κ1) is 21.0. The quantitative estimate of drug-likeness (QED) is 0.453. The summed E-state index contributed by atoms with van der Waals surface area (Å²) >= 11 is 0. The molecule has 0 aliphatic carbocycles. The highest BCUT2D eigenvalue weighted by Gasteiger charge is 2.37. The van der Waals surface area contributed by atoms with E-state index in [9.17, 15) is 41.3 Å². The maximum Gasteiger partial charge on any atom is 0.416 e. The molecule has 2 aromatic rings. The first-order chi connectivity index (χ1) is 12.8. The van der Waals surface area contributed by atoms with Crippen molar-refractivity contribution in [2.45, 2.75) is 19.0 Å². The zero-order valence-corrected chi connectivity index (χ0v) is 13.6. The predicted molar refractivity (Wildman–Crippen MR) is 82.4 cm³/mol. The van der Waals surface area contributed by atoms with E-state index in [1.807, 2.05) is 0 Å². The zero-order valence-electron chi connectivity index (χ0n) is 13.6. The number of rotatable bonds is 5. The molecule has 28 heavy (non-hydrogen) atoms. The van der Waals surface area contributed by atoms with Crippen molar-refractivity contribution in [3.63, 3.8) is 0 Å². The van der Waals surface area contributed by atoms with Crippen molar-refractivity contribution in [2.24, 2.45) is 5.73 Å². The fourth-order valence-corrected chi connectivity index (χ4v) is 2.18. The van der Waals surface area contributed by atoms with Crippen LogP contribution in [-0.4, -0.2) is 10.8 Å². The number of hydrogen-bond acceptors (Lipinski definition) is 4. The zero-order chi connectivity index (χ0) is 21.3. The van der Waals surface area contributed by atoms with Gasteiger partial charge in [-0.3, -0.25) is 14.9 Å². The number of nitrogens with two attached hydrogens (primary N) is 1. The van der Waals surface area contributed by atoms with Gasteiger partial charge in [-0.1, -0.05) is 0 Å². The molecule has 0 bridgehead atoms. The molecule has 150 valence electrons. The topological polar surface area (TPSA) is 95.5 Å². The van der Waals surface area contributed by atoms with Crippen LogP contribution in [0.1, 0.15) is 27.0 Å². The van der Waals surface area contributed by atoms with E-state index in [-0.39, 0.29) is 17.2 Å². The lowest BCUT2D eigenvalue weighted by molar-refractivity contribution is -0.385. The molecule has 0 aliphatic rings.